The number of unbranched alkanes of at least 4 members (excludes halogenated alkanes) is 1. The van der Waals surface area contributed by atoms with Crippen LogP contribution < -0.4 is 4.31 Å². The number of esters is 1. The molecule has 0 atom stereocenters. The highest BCUT2D eigenvalue weighted by Gasteiger charge is 2.24. The summed E-state index contributed by atoms with van der Waals surface area (Å²) < 4.78 is 32.9. The van der Waals surface area contributed by atoms with E-state index in [2.05, 4.69) is 6.58 Å². The minimum atomic E-state index is -3.69. The van der Waals surface area contributed by atoms with Gasteiger partial charge in [0, 0.05) is 13.5 Å². The number of nitrogens with zero attached hydrogens (tertiary/aromatic N) is 1. The summed E-state index contributed by atoms with van der Waals surface area (Å²) in [5.41, 5.74) is 2.46. The van der Waals surface area contributed by atoms with Gasteiger partial charge in [-0.25, -0.2) is 8.42 Å². The first kappa shape index (κ1) is 23.4. The molecule has 0 unspecified atom stereocenters. The van der Waals surface area contributed by atoms with E-state index in [0.717, 1.165) is 24.0 Å². The minimum Gasteiger partial charge on any atom is -0.466 e. The summed E-state index contributed by atoms with van der Waals surface area (Å²) in [5.74, 6) is -0.279. The number of benzene rings is 2. The Kier molecular flexibility index (Phi) is 8.87. The quantitative estimate of drug-likeness (QED) is 0.286. The van der Waals surface area contributed by atoms with Crippen molar-refractivity contribution in [3.8, 4) is 0 Å². The smallest absolute Gasteiger partial charge is 0.302 e. The zero-order valence-corrected chi connectivity index (χ0v) is 18.4. The molecule has 0 fully saturated rings. The Morgan fingerprint density at radius 3 is 2.40 bits per heavy atom. The van der Waals surface area contributed by atoms with Crippen LogP contribution in [0, 0.1) is 6.92 Å². The second kappa shape index (κ2) is 11.4. The fourth-order valence-electron chi connectivity index (χ4n) is 2.82. The highest BCUT2D eigenvalue weighted by Crippen LogP contribution is 2.24. The van der Waals surface area contributed by atoms with Crippen LogP contribution in [0.2, 0.25) is 0 Å². The van der Waals surface area contributed by atoms with Gasteiger partial charge in [-0.15, -0.1) is 0 Å². The van der Waals surface area contributed by atoms with Gasteiger partial charge in [0.1, 0.15) is 0 Å². The van der Waals surface area contributed by atoms with E-state index in [4.69, 9.17) is 4.74 Å². The van der Waals surface area contributed by atoms with Crippen LogP contribution in [0.25, 0.3) is 0 Å². The minimum absolute atomic E-state index is 0.267. The maximum absolute atomic E-state index is 13.3. The average Bonchev–Trinajstić information content (AvgIpc) is 2.71. The van der Waals surface area contributed by atoms with Crippen molar-refractivity contribution in [1.82, 2.24) is 0 Å². The lowest BCUT2D eigenvalue weighted by molar-refractivity contribution is -0.141. The molecule has 160 valence electrons. The van der Waals surface area contributed by atoms with Crippen molar-refractivity contribution in [2.24, 2.45) is 0 Å². The van der Waals surface area contributed by atoms with Crippen molar-refractivity contribution in [3.05, 3.63) is 84.5 Å². The SMILES string of the molecule is C=C(/C=C/CCCOC(C)=O)CCN(c1ccccc1)S(=O)(=O)c1ccc(C)cc1. The number of hydrogen-bond acceptors (Lipinski definition) is 4. The lowest BCUT2D eigenvalue weighted by Gasteiger charge is -2.24. The molecule has 6 heteroatoms. The van der Waals surface area contributed by atoms with Crippen LogP contribution in [0.15, 0.2) is 83.8 Å². The number of ether oxygens (including phenoxy) is 1. The average molecular weight is 428 g/mol. The second-order valence-electron chi connectivity index (χ2n) is 7.02. The number of anilines is 1. The second-order valence-corrected chi connectivity index (χ2v) is 8.88. The van der Waals surface area contributed by atoms with Gasteiger partial charge in [0.2, 0.25) is 0 Å². The van der Waals surface area contributed by atoms with E-state index in [9.17, 15) is 13.2 Å². The Labute approximate surface area is 179 Å². The fraction of sp³-hybridized carbons (Fsp3) is 0.292. The molecular formula is C24H29NO4S. The molecule has 0 saturated carbocycles. The van der Waals surface area contributed by atoms with Gasteiger partial charge in [-0.2, -0.15) is 0 Å². The lowest BCUT2D eigenvalue weighted by atomic mass is 10.1. The number of para-hydroxylation sites is 1. The van der Waals surface area contributed by atoms with Gasteiger partial charge in [0.05, 0.1) is 17.2 Å². The molecule has 0 aliphatic rings. The normalized spacial score (nSPS) is 11.4. The van der Waals surface area contributed by atoms with E-state index in [1.54, 1.807) is 36.4 Å². The van der Waals surface area contributed by atoms with Gasteiger partial charge in [-0.3, -0.25) is 9.10 Å². The van der Waals surface area contributed by atoms with Crippen LogP contribution in [0.4, 0.5) is 5.69 Å². The largest absolute Gasteiger partial charge is 0.466 e. The predicted octanol–water partition coefficient (Wildman–Crippen LogP) is 5.04. The Morgan fingerprint density at radius 2 is 1.77 bits per heavy atom. The molecule has 0 N–H and O–H groups in total. The fourth-order valence-corrected chi connectivity index (χ4v) is 4.28. The van der Waals surface area contributed by atoms with Crippen molar-refractivity contribution >= 4 is 21.7 Å². The van der Waals surface area contributed by atoms with Crippen molar-refractivity contribution < 1.29 is 17.9 Å². The van der Waals surface area contributed by atoms with Crippen LogP contribution in [0.3, 0.4) is 0 Å². The number of allylic oxidation sites excluding steroid dienone is 2. The van der Waals surface area contributed by atoms with Crippen molar-refractivity contribution in [2.45, 2.75) is 38.0 Å². The standard InChI is InChI=1S/C24H29NO4S/c1-20(10-6-5-9-19-29-22(3)26)17-18-25(23-11-7-4-8-12-23)30(27,28)24-15-13-21(2)14-16-24/h4,6-8,10-16H,1,5,9,17-19H2,2-3H3/b10-6+. The first-order chi connectivity index (χ1) is 14.3. The van der Waals surface area contributed by atoms with Gasteiger partial charge >= 0.3 is 5.97 Å². The third kappa shape index (κ3) is 7.19. The Bertz CT molecular complexity index is 964. The Hall–Kier alpha value is -2.86. The van der Waals surface area contributed by atoms with E-state index >= 15 is 0 Å². The zero-order chi connectivity index (χ0) is 22.0. The molecule has 0 saturated heterocycles. The topological polar surface area (TPSA) is 63.7 Å². The molecule has 0 spiro atoms. The molecule has 2 aromatic carbocycles. The molecule has 2 aromatic rings. The summed E-state index contributed by atoms with van der Waals surface area (Å²) in [5, 5.41) is 0. The highest BCUT2D eigenvalue weighted by molar-refractivity contribution is 7.92. The molecule has 2 rings (SSSR count). The summed E-state index contributed by atoms with van der Waals surface area (Å²) >= 11 is 0. The van der Waals surface area contributed by atoms with Crippen molar-refractivity contribution in [3.63, 3.8) is 0 Å². The maximum Gasteiger partial charge on any atom is 0.302 e. The number of aryl methyl sites for hydroxylation is 1. The zero-order valence-electron chi connectivity index (χ0n) is 17.6. The number of sulfonamides is 1. The van der Waals surface area contributed by atoms with Gasteiger partial charge in [-0.1, -0.05) is 60.2 Å². The molecule has 0 amide bonds. The number of hydrogen-bond donors (Lipinski definition) is 0. The van der Waals surface area contributed by atoms with Gasteiger partial charge in [0.15, 0.2) is 0 Å². The summed E-state index contributed by atoms with van der Waals surface area (Å²) in [6.07, 6.45) is 5.86. The molecule has 0 heterocycles. The first-order valence-corrected chi connectivity index (χ1v) is 11.4. The first-order valence-electron chi connectivity index (χ1n) is 9.93. The van der Waals surface area contributed by atoms with Gasteiger partial charge in [0.25, 0.3) is 10.0 Å². The van der Waals surface area contributed by atoms with Crippen LogP contribution >= 0.6 is 0 Å². The van der Waals surface area contributed by atoms with Crippen LogP contribution in [-0.2, 0) is 19.6 Å². The molecule has 0 bridgehead atoms. The van der Waals surface area contributed by atoms with E-state index in [-0.39, 0.29) is 17.4 Å². The van der Waals surface area contributed by atoms with Crippen LogP contribution in [-0.4, -0.2) is 27.5 Å². The third-order valence-corrected chi connectivity index (χ3v) is 6.30. The molecule has 30 heavy (non-hydrogen) atoms. The highest BCUT2D eigenvalue weighted by atomic mass is 32.2. The van der Waals surface area contributed by atoms with Crippen molar-refractivity contribution in [1.29, 1.82) is 0 Å². The molecule has 0 aromatic heterocycles. The van der Waals surface area contributed by atoms with E-state index in [1.807, 2.05) is 37.3 Å². The molecule has 0 aliphatic heterocycles. The maximum atomic E-state index is 13.3. The monoisotopic (exact) mass is 427 g/mol. The number of carbonyl (C=O) groups is 1. The van der Waals surface area contributed by atoms with E-state index in [1.165, 1.54) is 11.2 Å². The van der Waals surface area contributed by atoms with Crippen molar-refractivity contribution in [2.75, 3.05) is 17.5 Å². The molecule has 5 nitrogen and oxygen atoms in total. The summed E-state index contributed by atoms with van der Waals surface area (Å²) in [4.78, 5) is 11.0. The molecule has 0 radical (unpaired) electrons. The molecular weight excluding hydrogens is 398 g/mol. The Balaban J connectivity index is 2.05. The van der Waals surface area contributed by atoms with Gasteiger partial charge < -0.3 is 4.74 Å². The predicted molar refractivity (Wildman–Crippen MR) is 121 cm³/mol. The summed E-state index contributed by atoms with van der Waals surface area (Å²) in [7, 11) is -3.69. The summed E-state index contributed by atoms with van der Waals surface area (Å²) in [6.45, 7) is 8.03. The van der Waals surface area contributed by atoms with E-state index in [0.29, 0.717) is 18.7 Å². The third-order valence-electron chi connectivity index (χ3n) is 4.46. The molecule has 0 aliphatic carbocycles. The lowest BCUT2D eigenvalue weighted by Crippen LogP contribution is -2.32. The Morgan fingerprint density at radius 1 is 1.10 bits per heavy atom. The van der Waals surface area contributed by atoms with Crippen LogP contribution in [0.5, 0.6) is 0 Å². The number of rotatable bonds is 11. The van der Waals surface area contributed by atoms with Gasteiger partial charge in [-0.05, 0) is 50.5 Å². The number of carbonyl (C=O) groups excluding carboxylic acids is 1. The van der Waals surface area contributed by atoms with Crippen LogP contribution in [0.1, 0.15) is 31.7 Å². The van der Waals surface area contributed by atoms with E-state index < -0.39 is 10.0 Å². The summed E-state index contributed by atoms with van der Waals surface area (Å²) in [6, 6.07) is 16.0.